The summed E-state index contributed by atoms with van der Waals surface area (Å²) in [6.45, 7) is 1.75. The third-order valence-corrected chi connectivity index (χ3v) is 4.51. The highest BCUT2D eigenvalue weighted by Gasteiger charge is 2.31. The molecule has 0 radical (unpaired) electrons. The average Bonchev–Trinajstić information content (AvgIpc) is 2.62. The third kappa shape index (κ3) is 4.63. The number of rotatable bonds is 2. The van der Waals surface area contributed by atoms with Crippen molar-refractivity contribution in [2.75, 3.05) is 36.4 Å². The van der Waals surface area contributed by atoms with Crippen LogP contribution < -0.4 is 10.2 Å². The van der Waals surface area contributed by atoms with Crippen molar-refractivity contribution in [1.82, 2.24) is 4.90 Å². The molecule has 27 heavy (non-hydrogen) atoms. The number of piperazine rings is 1. The van der Waals surface area contributed by atoms with Crippen molar-refractivity contribution >= 4 is 29.0 Å². The fourth-order valence-electron chi connectivity index (χ4n) is 2.83. The van der Waals surface area contributed by atoms with E-state index in [0.29, 0.717) is 49.4 Å². The fraction of sp³-hybridized carbons (Fsp3) is 0.278. The molecule has 0 spiro atoms. The Hall–Kier alpha value is -2.48. The molecule has 1 aliphatic rings. The largest absolute Gasteiger partial charge is 0.416 e. The Balaban J connectivity index is 1.63. The molecular weight excluding hydrogens is 386 g/mol. The standard InChI is InChI=1S/C18H16ClF4N3O/c19-13-2-1-3-14(11-13)25-6-8-26(9-7-25)17(27)24-16-10-12(18(21,22)23)4-5-15(16)20/h1-5,10-11H,6-9H2,(H,24,27). The molecule has 1 N–H and O–H groups in total. The minimum absolute atomic E-state index is 0.346. The van der Waals surface area contributed by atoms with Crippen molar-refractivity contribution < 1.29 is 22.4 Å². The Labute approximate surface area is 158 Å². The van der Waals surface area contributed by atoms with E-state index in [2.05, 4.69) is 5.32 Å². The van der Waals surface area contributed by atoms with Crippen molar-refractivity contribution in [1.29, 1.82) is 0 Å². The number of anilines is 2. The number of hydrogen-bond acceptors (Lipinski definition) is 2. The van der Waals surface area contributed by atoms with E-state index in [1.54, 1.807) is 6.07 Å². The second-order valence-corrected chi connectivity index (χ2v) is 6.51. The van der Waals surface area contributed by atoms with Crippen molar-refractivity contribution in [3.63, 3.8) is 0 Å². The number of urea groups is 1. The summed E-state index contributed by atoms with van der Waals surface area (Å²) in [7, 11) is 0. The maximum absolute atomic E-state index is 13.8. The smallest absolute Gasteiger partial charge is 0.368 e. The topological polar surface area (TPSA) is 35.6 Å². The zero-order chi connectivity index (χ0) is 19.6. The molecule has 0 unspecified atom stereocenters. The Morgan fingerprint density at radius 2 is 1.74 bits per heavy atom. The Bertz CT molecular complexity index is 836. The predicted molar refractivity (Wildman–Crippen MR) is 95.7 cm³/mol. The summed E-state index contributed by atoms with van der Waals surface area (Å²) in [5.41, 5.74) is -0.594. The highest BCUT2D eigenvalue weighted by Crippen LogP contribution is 2.32. The van der Waals surface area contributed by atoms with Crippen molar-refractivity contribution in [2.24, 2.45) is 0 Å². The van der Waals surface area contributed by atoms with E-state index in [1.807, 2.05) is 23.1 Å². The molecule has 4 nitrogen and oxygen atoms in total. The fourth-order valence-corrected chi connectivity index (χ4v) is 3.02. The van der Waals surface area contributed by atoms with Crippen LogP contribution in [0.4, 0.5) is 33.7 Å². The van der Waals surface area contributed by atoms with Gasteiger partial charge in [0.2, 0.25) is 0 Å². The monoisotopic (exact) mass is 401 g/mol. The molecule has 1 aliphatic heterocycles. The lowest BCUT2D eigenvalue weighted by Gasteiger charge is -2.36. The summed E-state index contributed by atoms with van der Waals surface area (Å²) in [6, 6.07) is 8.58. The van der Waals surface area contributed by atoms with Gasteiger partial charge in [0, 0.05) is 36.9 Å². The van der Waals surface area contributed by atoms with Gasteiger partial charge in [-0.2, -0.15) is 13.2 Å². The number of carbonyl (C=O) groups excluding carboxylic acids is 1. The van der Waals surface area contributed by atoms with E-state index in [9.17, 15) is 22.4 Å². The van der Waals surface area contributed by atoms with Gasteiger partial charge < -0.3 is 15.1 Å². The van der Waals surface area contributed by atoms with Crippen LogP contribution in [0.3, 0.4) is 0 Å². The Kier molecular flexibility index (Phi) is 5.46. The zero-order valence-corrected chi connectivity index (χ0v) is 14.8. The number of alkyl halides is 3. The van der Waals surface area contributed by atoms with E-state index in [4.69, 9.17) is 11.6 Å². The van der Waals surface area contributed by atoms with Gasteiger partial charge in [0.15, 0.2) is 0 Å². The number of amides is 2. The van der Waals surface area contributed by atoms with Crippen molar-refractivity contribution in [2.45, 2.75) is 6.18 Å². The minimum atomic E-state index is -4.62. The first-order valence-corrected chi connectivity index (χ1v) is 8.55. The highest BCUT2D eigenvalue weighted by atomic mass is 35.5. The molecule has 2 aromatic rings. The summed E-state index contributed by atoms with van der Waals surface area (Å²) in [5.74, 6) is -0.922. The number of carbonyl (C=O) groups is 1. The molecular formula is C18H16ClF4N3O. The maximum atomic E-state index is 13.8. The lowest BCUT2D eigenvalue weighted by atomic mass is 10.2. The number of hydrogen-bond donors (Lipinski definition) is 1. The number of nitrogens with zero attached hydrogens (tertiary/aromatic N) is 2. The van der Waals surface area contributed by atoms with Gasteiger partial charge >= 0.3 is 12.2 Å². The minimum Gasteiger partial charge on any atom is -0.368 e. The first-order chi connectivity index (χ1) is 12.7. The van der Waals surface area contributed by atoms with Crippen LogP contribution >= 0.6 is 11.6 Å². The molecule has 9 heteroatoms. The highest BCUT2D eigenvalue weighted by molar-refractivity contribution is 6.30. The van der Waals surface area contributed by atoms with E-state index in [0.717, 1.165) is 5.69 Å². The van der Waals surface area contributed by atoms with Crippen LogP contribution in [0.25, 0.3) is 0 Å². The summed E-state index contributed by atoms with van der Waals surface area (Å²) in [6.07, 6.45) is -4.62. The first kappa shape index (κ1) is 19.3. The van der Waals surface area contributed by atoms with Gasteiger partial charge in [-0.3, -0.25) is 0 Å². The predicted octanol–water partition coefficient (Wildman–Crippen LogP) is 4.85. The summed E-state index contributed by atoms with van der Waals surface area (Å²) >= 11 is 5.98. The van der Waals surface area contributed by atoms with Crippen molar-refractivity contribution in [3.05, 3.63) is 58.9 Å². The second kappa shape index (κ2) is 7.64. The molecule has 0 atom stereocenters. The molecule has 144 valence electrons. The molecule has 1 heterocycles. The summed E-state index contributed by atoms with van der Waals surface area (Å²) < 4.78 is 52.1. The van der Waals surface area contributed by atoms with E-state index < -0.39 is 29.3 Å². The van der Waals surface area contributed by atoms with Gasteiger partial charge in [-0.25, -0.2) is 9.18 Å². The normalized spacial score (nSPS) is 15.0. The molecule has 3 rings (SSSR count). The summed E-state index contributed by atoms with van der Waals surface area (Å²) in [5, 5.41) is 2.83. The third-order valence-electron chi connectivity index (χ3n) is 4.28. The molecule has 0 saturated carbocycles. The van der Waals surface area contributed by atoms with Gasteiger partial charge in [-0.1, -0.05) is 17.7 Å². The second-order valence-electron chi connectivity index (χ2n) is 6.08. The first-order valence-electron chi connectivity index (χ1n) is 8.17. The molecule has 1 saturated heterocycles. The van der Waals surface area contributed by atoms with Crippen LogP contribution in [-0.2, 0) is 6.18 Å². The van der Waals surface area contributed by atoms with Crippen LogP contribution in [0.1, 0.15) is 5.56 Å². The molecule has 2 amide bonds. The van der Waals surface area contributed by atoms with Gasteiger partial charge in [-0.15, -0.1) is 0 Å². The maximum Gasteiger partial charge on any atom is 0.416 e. The Morgan fingerprint density at radius 3 is 2.37 bits per heavy atom. The van der Waals surface area contributed by atoms with Gasteiger partial charge in [0.25, 0.3) is 0 Å². The van der Waals surface area contributed by atoms with E-state index >= 15 is 0 Å². The number of halogens is 5. The van der Waals surface area contributed by atoms with Gasteiger partial charge in [-0.05, 0) is 36.4 Å². The molecule has 0 aromatic heterocycles. The lowest BCUT2D eigenvalue weighted by molar-refractivity contribution is -0.137. The molecule has 2 aromatic carbocycles. The SMILES string of the molecule is O=C(Nc1cc(C(F)(F)F)ccc1F)N1CCN(c2cccc(Cl)c2)CC1. The van der Waals surface area contributed by atoms with Gasteiger partial charge in [0.05, 0.1) is 11.3 Å². The van der Waals surface area contributed by atoms with Crippen LogP contribution in [0.15, 0.2) is 42.5 Å². The van der Waals surface area contributed by atoms with Crippen LogP contribution in [0.2, 0.25) is 5.02 Å². The van der Waals surface area contributed by atoms with Gasteiger partial charge in [0.1, 0.15) is 5.82 Å². The number of benzene rings is 2. The molecule has 0 bridgehead atoms. The van der Waals surface area contributed by atoms with Crippen LogP contribution in [0.5, 0.6) is 0 Å². The molecule has 0 aliphatic carbocycles. The summed E-state index contributed by atoms with van der Waals surface area (Å²) in [4.78, 5) is 15.8. The van der Waals surface area contributed by atoms with Crippen LogP contribution in [0, 0.1) is 5.82 Å². The lowest BCUT2D eigenvalue weighted by Crippen LogP contribution is -2.50. The van der Waals surface area contributed by atoms with E-state index in [-0.39, 0.29) is 0 Å². The number of nitrogens with one attached hydrogen (secondary N) is 1. The van der Waals surface area contributed by atoms with Crippen LogP contribution in [-0.4, -0.2) is 37.1 Å². The Morgan fingerprint density at radius 1 is 1.04 bits per heavy atom. The molecule has 1 fully saturated rings. The quantitative estimate of drug-likeness (QED) is 0.730. The zero-order valence-electron chi connectivity index (χ0n) is 14.1. The average molecular weight is 402 g/mol. The van der Waals surface area contributed by atoms with Crippen molar-refractivity contribution in [3.8, 4) is 0 Å². The van der Waals surface area contributed by atoms with E-state index in [1.165, 1.54) is 4.90 Å².